The lowest BCUT2D eigenvalue weighted by molar-refractivity contribution is 0.0168. The molecule has 0 radical (unpaired) electrons. The molecule has 0 aliphatic carbocycles. The quantitative estimate of drug-likeness (QED) is 0.790. The summed E-state index contributed by atoms with van der Waals surface area (Å²) in [5.41, 5.74) is 7.52. The molecule has 17 heavy (non-hydrogen) atoms. The number of rotatable bonds is 4. The second-order valence-electron chi connectivity index (χ2n) is 5.73. The fraction of sp³-hybridized carbons (Fsp3) is 0.571. The van der Waals surface area contributed by atoms with Crippen molar-refractivity contribution >= 4 is 0 Å². The molecule has 0 saturated carbocycles. The van der Waals surface area contributed by atoms with E-state index in [0.717, 1.165) is 26.2 Å². The van der Waals surface area contributed by atoms with Crippen LogP contribution in [0.3, 0.4) is 0 Å². The van der Waals surface area contributed by atoms with Crippen molar-refractivity contribution in [2.24, 2.45) is 5.73 Å². The van der Waals surface area contributed by atoms with Crippen molar-refractivity contribution in [1.29, 1.82) is 0 Å². The van der Waals surface area contributed by atoms with Gasteiger partial charge in [-0.2, -0.15) is 0 Å². The maximum atomic E-state index is 6.55. The summed E-state index contributed by atoms with van der Waals surface area (Å²) in [7, 11) is 0. The molecule has 0 unspecified atom stereocenters. The lowest BCUT2D eigenvalue weighted by Crippen LogP contribution is -2.63. The van der Waals surface area contributed by atoms with Crippen molar-refractivity contribution in [3.8, 4) is 0 Å². The molecule has 0 atom stereocenters. The molecule has 0 aromatic heterocycles. The van der Waals surface area contributed by atoms with E-state index in [1.807, 2.05) is 0 Å². The van der Waals surface area contributed by atoms with Crippen molar-refractivity contribution in [3.05, 3.63) is 35.9 Å². The van der Waals surface area contributed by atoms with Crippen molar-refractivity contribution in [2.45, 2.75) is 25.0 Å². The summed E-state index contributed by atoms with van der Waals surface area (Å²) in [6.07, 6.45) is 0. The van der Waals surface area contributed by atoms with Crippen LogP contribution >= 0.6 is 0 Å². The van der Waals surface area contributed by atoms with Crippen LogP contribution < -0.4 is 5.73 Å². The minimum absolute atomic E-state index is 0.103. The van der Waals surface area contributed by atoms with Gasteiger partial charge in [0.1, 0.15) is 5.66 Å². The molecule has 2 aliphatic heterocycles. The van der Waals surface area contributed by atoms with Gasteiger partial charge in [0, 0.05) is 31.7 Å². The van der Waals surface area contributed by atoms with E-state index >= 15 is 0 Å². The standard InChI is InChI=1S/C14H21N3/c1-13(2,15)14(16-8-9-16,17-10-11-17)12-6-4-3-5-7-12/h3-7H,8-11,15H2,1-2H3. The van der Waals surface area contributed by atoms with Gasteiger partial charge in [0.2, 0.25) is 0 Å². The van der Waals surface area contributed by atoms with Crippen LogP contribution in [-0.4, -0.2) is 41.5 Å². The number of nitrogens with two attached hydrogens (primary N) is 1. The van der Waals surface area contributed by atoms with Crippen molar-refractivity contribution in [1.82, 2.24) is 9.80 Å². The molecular formula is C14H21N3. The summed E-state index contributed by atoms with van der Waals surface area (Å²) < 4.78 is 0. The third-order valence-corrected chi connectivity index (χ3v) is 3.88. The first-order valence-corrected chi connectivity index (χ1v) is 6.41. The molecule has 92 valence electrons. The van der Waals surface area contributed by atoms with E-state index in [2.05, 4.69) is 54.0 Å². The van der Waals surface area contributed by atoms with Crippen LogP contribution in [0, 0.1) is 0 Å². The van der Waals surface area contributed by atoms with Gasteiger partial charge < -0.3 is 5.73 Å². The van der Waals surface area contributed by atoms with Gasteiger partial charge in [-0.25, -0.2) is 0 Å². The first-order chi connectivity index (χ1) is 8.07. The molecule has 3 heteroatoms. The summed E-state index contributed by atoms with van der Waals surface area (Å²) in [4.78, 5) is 4.99. The van der Waals surface area contributed by atoms with Crippen LogP contribution in [0.1, 0.15) is 19.4 Å². The Labute approximate surface area is 103 Å². The highest BCUT2D eigenvalue weighted by atomic mass is 15.5. The van der Waals surface area contributed by atoms with Gasteiger partial charge in [0.05, 0.1) is 0 Å². The summed E-state index contributed by atoms with van der Waals surface area (Å²) in [5, 5.41) is 0. The monoisotopic (exact) mass is 231 g/mol. The Morgan fingerprint density at radius 2 is 1.41 bits per heavy atom. The normalized spacial score (nSPS) is 21.6. The molecule has 2 heterocycles. The number of hydrogen-bond acceptors (Lipinski definition) is 3. The molecule has 3 rings (SSSR count). The predicted molar refractivity (Wildman–Crippen MR) is 69.5 cm³/mol. The molecule has 0 amide bonds. The van der Waals surface area contributed by atoms with Gasteiger partial charge in [-0.1, -0.05) is 30.3 Å². The number of hydrogen-bond donors (Lipinski definition) is 1. The molecule has 2 N–H and O–H groups in total. The molecule has 2 saturated heterocycles. The van der Waals surface area contributed by atoms with Gasteiger partial charge in [0.15, 0.2) is 0 Å². The molecule has 0 bridgehead atoms. The van der Waals surface area contributed by atoms with Crippen molar-refractivity contribution in [2.75, 3.05) is 26.2 Å². The van der Waals surface area contributed by atoms with E-state index < -0.39 is 0 Å². The van der Waals surface area contributed by atoms with Crippen LogP contribution in [0.15, 0.2) is 30.3 Å². The maximum absolute atomic E-state index is 6.55. The second-order valence-corrected chi connectivity index (χ2v) is 5.73. The molecule has 2 fully saturated rings. The zero-order valence-corrected chi connectivity index (χ0v) is 10.7. The Hall–Kier alpha value is -0.900. The van der Waals surface area contributed by atoms with E-state index in [0.29, 0.717) is 0 Å². The molecule has 3 nitrogen and oxygen atoms in total. The molecule has 2 aliphatic rings. The first kappa shape index (κ1) is 11.2. The van der Waals surface area contributed by atoms with Gasteiger partial charge in [-0.15, -0.1) is 0 Å². The Morgan fingerprint density at radius 3 is 1.76 bits per heavy atom. The minimum Gasteiger partial charge on any atom is -0.323 e. The Morgan fingerprint density at radius 1 is 0.941 bits per heavy atom. The summed E-state index contributed by atoms with van der Waals surface area (Å²) >= 11 is 0. The fourth-order valence-corrected chi connectivity index (χ4v) is 3.17. The number of nitrogens with zero attached hydrogens (tertiary/aromatic N) is 2. The Balaban J connectivity index is 2.12. The van der Waals surface area contributed by atoms with E-state index in [1.54, 1.807) is 0 Å². The van der Waals surface area contributed by atoms with E-state index in [4.69, 9.17) is 5.73 Å². The topological polar surface area (TPSA) is 32.0 Å². The van der Waals surface area contributed by atoms with Gasteiger partial charge >= 0.3 is 0 Å². The largest absolute Gasteiger partial charge is 0.323 e. The summed E-state index contributed by atoms with van der Waals surface area (Å²) in [6.45, 7) is 8.93. The highest BCUT2D eigenvalue weighted by molar-refractivity contribution is 5.31. The zero-order chi connectivity index (χ0) is 12.1. The molecular weight excluding hydrogens is 210 g/mol. The average Bonchev–Trinajstić information content (AvgIpc) is 3.12. The van der Waals surface area contributed by atoms with Crippen LogP contribution in [0.25, 0.3) is 0 Å². The van der Waals surface area contributed by atoms with Crippen LogP contribution in [0.4, 0.5) is 0 Å². The molecule has 1 aromatic rings. The summed E-state index contributed by atoms with van der Waals surface area (Å²) in [6, 6.07) is 10.7. The minimum atomic E-state index is -0.263. The molecule has 0 spiro atoms. The van der Waals surface area contributed by atoms with Gasteiger partial charge in [0.25, 0.3) is 0 Å². The van der Waals surface area contributed by atoms with Crippen molar-refractivity contribution in [3.63, 3.8) is 0 Å². The van der Waals surface area contributed by atoms with Crippen molar-refractivity contribution < 1.29 is 0 Å². The van der Waals surface area contributed by atoms with Crippen LogP contribution in [0.5, 0.6) is 0 Å². The van der Waals surface area contributed by atoms with Crippen LogP contribution in [0.2, 0.25) is 0 Å². The van der Waals surface area contributed by atoms with Gasteiger partial charge in [-0.05, 0) is 19.4 Å². The third kappa shape index (κ3) is 1.61. The zero-order valence-electron chi connectivity index (χ0n) is 10.7. The first-order valence-electron chi connectivity index (χ1n) is 6.41. The van der Waals surface area contributed by atoms with Crippen LogP contribution in [-0.2, 0) is 5.66 Å². The fourth-order valence-electron chi connectivity index (χ4n) is 3.17. The Kier molecular flexibility index (Phi) is 2.34. The predicted octanol–water partition coefficient (Wildman–Crippen LogP) is 1.21. The average molecular weight is 231 g/mol. The third-order valence-electron chi connectivity index (χ3n) is 3.88. The SMILES string of the molecule is CC(C)(N)C(c1ccccc1)(N1CC1)N1CC1. The highest BCUT2D eigenvalue weighted by Crippen LogP contribution is 2.47. The van der Waals surface area contributed by atoms with E-state index in [-0.39, 0.29) is 11.2 Å². The number of benzene rings is 1. The lowest BCUT2D eigenvalue weighted by Gasteiger charge is -2.47. The van der Waals surface area contributed by atoms with E-state index in [9.17, 15) is 0 Å². The Bertz CT molecular complexity index is 387. The maximum Gasteiger partial charge on any atom is 0.118 e. The summed E-state index contributed by atoms with van der Waals surface area (Å²) in [5.74, 6) is 0. The molecule has 1 aromatic carbocycles. The smallest absolute Gasteiger partial charge is 0.118 e. The second kappa shape index (κ2) is 3.55. The van der Waals surface area contributed by atoms with Gasteiger partial charge in [-0.3, -0.25) is 9.80 Å². The van der Waals surface area contributed by atoms with E-state index in [1.165, 1.54) is 5.56 Å². The lowest BCUT2D eigenvalue weighted by atomic mass is 9.81. The highest BCUT2D eigenvalue weighted by Gasteiger charge is 2.59.